The second-order valence-electron chi connectivity index (χ2n) is 8.97. The highest BCUT2D eigenvalue weighted by atomic mass is 16.5. The third-order valence-corrected chi connectivity index (χ3v) is 7.37. The van der Waals surface area contributed by atoms with Crippen LogP contribution in [-0.4, -0.2) is 34.0 Å². The summed E-state index contributed by atoms with van der Waals surface area (Å²) in [6.45, 7) is 1.29. The predicted molar refractivity (Wildman–Crippen MR) is 106 cm³/mol. The highest BCUT2D eigenvalue weighted by Gasteiger charge is 2.57. The second-order valence-corrected chi connectivity index (χ2v) is 8.97. The Morgan fingerprint density at radius 3 is 2.69 bits per heavy atom. The second kappa shape index (κ2) is 6.98. The van der Waals surface area contributed by atoms with Gasteiger partial charge in [-0.15, -0.1) is 0 Å². The van der Waals surface area contributed by atoms with Crippen molar-refractivity contribution < 1.29 is 9.32 Å². The number of nitrogens with zero attached hydrogens (tertiary/aromatic N) is 4. The van der Waals surface area contributed by atoms with E-state index in [1.54, 1.807) is 0 Å². The van der Waals surface area contributed by atoms with Crippen LogP contribution in [-0.2, 0) is 10.2 Å². The molecule has 2 aliphatic carbocycles. The highest BCUT2D eigenvalue weighted by Crippen LogP contribution is 2.51. The quantitative estimate of drug-likeness (QED) is 0.788. The van der Waals surface area contributed by atoms with Crippen molar-refractivity contribution in [2.45, 2.75) is 56.8 Å². The Kier molecular flexibility index (Phi) is 4.42. The van der Waals surface area contributed by atoms with Crippen molar-refractivity contribution in [2.24, 2.45) is 11.3 Å². The average molecular weight is 390 g/mol. The minimum Gasteiger partial charge on any atom is -0.340 e. The van der Waals surface area contributed by atoms with Crippen LogP contribution in [0.3, 0.4) is 0 Å². The topological polar surface area (TPSA) is 83.0 Å². The largest absolute Gasteiger partial charge is 0.340 e. The monoisotopic (exact) mass is 390 g/mol. The fraction of sp³-hybridized carbons (Fsp3) is 0.565. The fourth-order valence-corrected chi connectivity index (χ4v) is 5.76. The third-order valence-electron chi connectivity index (χ3n) is 7.37. The van der Waals surface area contributed by atoms with Crippen LogP contribution in [0.1, 0.15) is 57.3 Å². The maximum absolute atomic E-state index is 13.4. The zero-order valence-corrected chi connectivity index (χ0v) is 16.6. The van der Waals surface area contributed by atoms with Crippen LogP contribution >= 0.6 is 0 Å². The first kappa shape index (κ1) is 18.4. The standard InChI is InChI=1S/C23H26N4O2/c24-15-22(11-5-2-6-12-22)21(28)27-14-18-10-7-13-23(18,16-27)20-25-19(26-29-20)17-8-3-1-4-9-17/h1,3-4,8-9,18H,2,5-7,10-14,16H2/t18-,23-/m1/s1. The molecule has 2 heterocycles. The summed E-state index contributed by atoms with van der Waals surface area (Å²) >= 11 is 0. The number of carbonyl (C=O) groups excluding carboxylic acids is 1. The predicted octanol–water partition coefficient (Wildman–Crippen LogP) is 4.09. The lowest BCUT2D eigenvalue weighted by molar-refractivity contribution is -0.139. The lowest BCUT2D eigenvalue weighted by atomic mass is 9.74. The number of aromatic nitrogens is 2. The van der Waals surface area contributed by atoms with Gasteiger partial charge in [0.2, 0.25) is 17.6 Å². The lowest BCUT2D eigenvalue weighted by Crippen LogP contribution is -2.44. The Morgan fingerprint density at radius 1 is 1.14 bits per heavy atom. The van der Waals surface area contributed by atoms with Gasteiger partial charge in [-0.3, -0.25) is 4.79 Å². The maximum Gasteiger partial charge on any atom is 0.243 e. The van der Waals surface area contributed by atoms with Crippen molar-refractivity contribution in [2.75, 3.05) is 13.1 Å². The Hall–Kier alpha value is -2.68. The number of amides is 1. The van der Waals surface area contributed by atoms with Crippen molar-refractivity contribution in [3.63, 3.8) is 0 Å². The molecule has 1 aromatic carbocycles. The zero-order chi connectivity index (χ0) is 19.9. The minimum absolute atomic E-state index is 0.0243. The molecule has 6 heteroatoms. The molecule has 0 N–H and O–H groups in total. The smallest absolute Gasteiger partial charge is 0.243 e. The molecule has 1 amide bonds. The van der Waals surface area contributed by atoms with E-state index < -0.39 is 5.41 Å². The van der Waals surface area contributed by atoms with Crippen LogP contribution in [0.2, 0.25) is 0 Å². The summed E-state index contributed by atoms with van der Waals surface area (Å²) in [5, 5.41) is 14.1. The Morgan fingerprint density at radius 2 is 1.93 bits per heavy atom. The summed E-state index contributed by atoms with van der Waals surface area (Å²) in [5.74, 6) is 1.61. The molecule has 0 bridgehead atoms. The van der Waals surface area contributed by atoms with Gasteiger partial charge in [-0.05, 0) is 31.6 Å². The molecular formula is C23H26N4O2. The summed E-state index contributed by atoms with van der Waals surface area (Å²) in [6.07, 6.45) is 7.55. The van der Waals surface area contributed by atoms with Gasteiger partial charge in [0.1, 0.15) is 5.41 Å². The van der Waals surface area contributed by atoms with E-state index in [4.69, 9.17) is 9.51 Å². The van der Waals surface area contributed by atoms with Crippen molar-refractivity contribution in [3.05, 3.63) is 36.2 Å². The van der Waals surface area contributed by atoms with Gasteiger partial charge >= 0.3 is 0 Å². The van der Waals surface area contributed by atoms with E-state index in [1.165, 1.54) is 0 Å². The zero-order valence-electron chi connectivity index (χ0n) is 16.6. The molecule has 2 aromatic rings. The molecule has 150 valence electrons. The van der Waals surface area contributed by atoms with E-state index in [9.17, 15) is 10.1 Å². The number of nitriles is 1. The average Bonchev–Trinajstić information content (AvgIpc) is 3.48. The van der Waals surface area contributed by atoms with Crippen molar-refractivity contribution in [1.82, 2.24) is 15.0 Å². The molecular weight excluding hydrogens is 364 g/mol. The van der Waals surface area contributed by atoms with Gasteiger partial charge in [0.05, 0.1) is 11.5 Å². The van der Waals surface area contributed by atoms with Crippen LogP contribution in [0.15, 0.2) is 34.9 Å². The van der Waals surface area contributed by atoms with Gasteiger partial charge in [-0.25, -0.2) is 0 Å². The lowest BCUT2D eigenvalue weighted by Gasteiger charge is -2.33. The van der Waals surface area contributed by atoms with E-state index in [1.807, 2.05) is 35.2 Å². The fourth-order valence-electron chi connectivity index (χ4n) is 5.76. The molecule has 2 atom stereocenters. The van der Waals surface area contributed by atoms with E-state index in [-0.39, 0.29) is 11.3 Å². The number of fused-ring (bicyclic) bond motifs is 1. The molecule has 2 saturated carbocycles. The minimum atomic E-state index is -0.831. The first-order valence-electron chi connectivity index (χ1n) is 10.8. The summed E-state index contributed by atoms with van der Waals surface area (Å²) in [6, 6.07) is 12.2. The first-order chi connectivity index (χ1) is 14.2. The molecule has 0 radical (unpaired) electrons. The Bertz CT molecular complexity index is 941. The number of hydrogen-bond acceptors (Lipinski definition) is 5. The number of carbonyl (C=O) groups is 1. The van der Waals surface area contributed by atoms with Crippen LogP contribution in [0.25, 0.3) is 11.4 Å². The molecule has 1 aliphatic heterocycles. The van der Waals surface area contributed by atoms with Crippen LogP contribution < -0.4 is 0 Å². The molecule has 1 saturated heterocycles. The molecule has 3 fully saturated rings. The molecule has 1 aromatic heterocycles. The summed E-state index contributed by atoms with van der Waals surface area (Å²) in [5.41, 5.74) is -0.159. The van der Waals surface area contributed by atoms with Gasteiger partial charge in [-0.2, -0.15) is 10.2 Å². The third kappa shape index (κ3) is 2.87. The number of likely N-dealkylation sites (tertiary alicyclic amines) is 1. The molecule has 0 spiro atoms. The van der Waals surface area contributed by atoms with Gasteiger partial charge in [0.15, 0.2) is 0 Å². The van der Waals surface area contributed by atoms with Crippen molar-refractivity contribution >= 4 is 5.91 Å². The van der Waals surface area contributed by atoms with Crippen LogP contribution in [0.5, 0.6) is 0 Å². The van der Waals surface area contributed by atoms with Crippen LogP contribution in [0.4, 0.5) is 0 Å². The first-order valence-corrected chi connectivity index (χ1v) is 10.8. The molecule has 0 unspecified atom stereocenters. The van der Waals surface area contributed by atoms with Crippen LogP contribution in [0, 0.1) is 22.7 Å². The molecule has 5 rings (SSSR count). The van der Waals surface area contributed by atoms with Gasteiger partial charge < -0.3 is 9.42 Å². The SMILES string of the molecule is N#CC1(C(=O)N2C[C@H]3CCC[C@@]3(c3nc(-c4ccccc4)no3)C2)CCCCC1. The number of hydrogen-bond donors (Lipinski definition) is 0. The maximum atomic E-state index is 13.4. The number of rotatable bonds is 3. The highest BCUT2D eigenvalue weighted by molar-refractivity contribution is 5.86. The normalized spacial score (nSPS) is 28.1. The van der Waals surface area contributed by atoms with E-state index in [0.717, 1.165) is 44.1 Å². The van der Waals surface area contributed by atoms with E-state index >= 15 is 0 Å². The van der Waals surface area contributed by atoms with Gasteiger partial charge in [0.25, 0.3) is 0 Å². The Labute approximate surface area is 170 Å². The molecule has 3 aliphatic rings. The van der Waals surface area contributed by atoms with E-state index in [0.29, 0.717) is 43.6 Å². The molecule has 6 nitrogen and oxygen atoms in total. The van der Waals surface area contributed by atoms with Crippen molar-refractivity contribution in [1.29, 1.82) is 5.26 Å². The van der Waals surface area contributed by atoms with Gasteiger partial charge in [0, 0.05) is 18.7 Å². The summed E-state index contributed by atoms with van der Waals surface area (Å²) in [4.78, 5) is 20.1. The molecule has 29 heavy (non-hydrogen) atoms. The Balaban J connectivity index is 1.43. The van der Waals surface area contributed by atoms with Gasteiger partial charge in [-0.1, -0.05) is 61.2 Å². The van der Waals surface area contributed by atoms with Crippen molar-refractivity contribution in [3.8, 4) is 17.5 Å². The summed E-state index contributed by atoms with van der Waals surface area (Å²) < 4.78 is 5.77. The number of benzene rings is 1. The summed E-state index contributed by atoms with van der Waals surface area (Å²) in [7, 11) is 0. The van der Waals surface area contributed by atoms with E-state index in [2.05, 4.69) is 11.2 Å².